The standard InChI is InChI=1S/C17H24O5/c1-12(2)6-7-14-8-15(13(3)18)17(22-11-20-5)9-16(14)21-10-19-4/h6,8-9H,7,10-11H2,1-5H3. The van der Waals surface area contributed by atoms with Gasteiger partial charge in [-0.25, -0.2) is 0 Å². The third-order valence-electron chi connectivity index (χ3n) is 2.94. The molecule has 5 heteroatoms. The zero-order valence-electron chi connectivity index (χ0n) is 13.9. The molecule has 0 aliphatic rings. The molecule has 0 aromatic heterocycles. The Morgan fingerprint density at radius 3 is 2.09 bits per heavy atom. The SMILES string of the molecule is COCOc1cc(OCOC)c(C(C)=O)cc1CC=C(C)C. The van der Waals surface area contributed by atoms with E-state index < -0.39 is 0 Å². The van der Waals surface area contributed by atoms with Gasteiger partial charge in [0, 0.05) is 20.3 Å². The highest BCUT2D eigenvalue weighted by Gasteiger charge is 2.15. The lowest BCUT2D eigenvalue weighted by Gasteiger charge is -2.15. The Labute approximate surface area is 131 Å². The number of methoxy groups -OCH3 is 2. The number of hydrogen-bond donors (Lipinski definition) is 0. The van der Waals surface area contributed by atoms with Crippen LogP contribution in [0.5, 0.6) is 11.5 Å². The van der Waals surface area contributed by atoms with E-state index in [2.05, 4.69) is 6.08 Å². The van der Waals surface area contributed by atoms with Gasteiger partial charge in [-0.05, 0) is 38.8 Å². The zero-order valence-corrected chi connectivity index (χ0v) is 13.9. The molecule has 0 aliphatic carbocycles. The van der Waals surface area contributed by atoms with E-state index in [4.69, 9.17) is 18.9 Å². The van der Waals surface area contributed by atoms with Crippen molar-refractivity contribution in [2.45, 2.75) is 27.2 Å². The Hall–Kier alpha value is -1.85. The van der Waals surface area contributed by atoms with Crippen molar-refractivity contribution in [2.24, 2.45) is 0 Å². The number of ether oxygens (including phenoxy) is 4. The van der Waals surface area contributed by atoms with Crippen LogP contribution in [0.25, 0.3) is 0 Å². The maximum Gasteiger partial charge on any atom is 0.188 e. The van der Waals surface area contributed by atoms with Crippen molar-refractivity contribution in [2.75, 3.05) is 27.8 Å². The van der Waals surface area contributed by atoms with Crippen LogP contribution in [0.15, 0.2) is 23.8 Å². The number of carbonyl (C=O) groups is 1. The quantitative estimate of drug-likeness (QED) is 0.398. The van der Waals surface area contributed by atoms with Crippen molar-refractivity contribution in [1.82, 2.24) is 0 Å². The number of allylic oxidation sites excluding steroid dienone is 2. The molecule has 0 aliphatic heterocycles. The zero-order chi connectivity index (χ0) is 16.5. The van der Waals surface area contributed by atoms with Gasteiger partial charge >= 0.3 is 0 Å². The number of ketones is 1. The molecule has 0 spiro atoms. The number of rotatable bonds is 9. The Kier molecular flexibility index (Phi) is 7.63. The van der Waals surface area contributed by atoms with Crippen molar-refractivity contribution in [3.8, 4) is 11.5 Å². The van der Waals surface area contributed by atoms with Crippen LogP contribution in [-0.2, 0) is 15.9 Å². The van der Waals surface area contributed by atoms with Crippen LogP contribution < -0.4 is 9.47 Å². The lowest BCUT2D eigenvalue weighted by Crippen LogP contribution is -2.08. The van der Waals surface area contributed by atoms with E-state index in [1.165, 1.54) is 19.6 Å². The monoisotopic (exact) mass is 308 g/mol. The first-order valence-corrected chi connectivity index (χ1v) is 7.04. The minimum Gasteiger partial charge on any atom is -0.467 e. The Balaban J connectivity index is 3.23. The van der Waals surface area contributed by atoms with Gasteiger partial charge in [0.25, 0.3) is 0 Å². The van der Waals surface area contributed by atoms with Crippen LogP contribution in [0, 0.1) is 0 Å². The van der Waals surface area contributed by atoms with Crippen LogP contribution in [0.4, 0.5) is 0 Å². The van der Waals surface area contributed by atoms with Gasteiger partial charge in [-0.2, -0.15) is 0 Å². The molecule has 1 aromatic carbocycles. The molecule has 0 bridgehead atoms. The molecule has 1 rings (SSSR count). The molecular formula is C17H24O5. The molecule has 5 nitrogen and oxygen atoms in total. The van der Waals surface area contributed by atoms with E-state index >= 15 is 0 Å². The fraction of sp³-hybridized carbons (Fsp3) is 0.471. The molecule has 0 amide bonds. The van der Waals surface area contributed by atoms with Crippen molar-refractivity contribution in [1.29, 1.82) is 0 Å². The predicted octanol–water partition coefficient (Wildman–Crippen LogP) is 3.36. The van der Waals surface area contributed by atoms with Gasteiger partial charge in [0.05, 0.1) is 5.56 Å². The lowest BCUT2D eigenvalue weighted by atomic mass is 10.0. The van der Waals surface area contributed by atoms with Gasteiger partial charge in [0.2, 0.25) is 0 Å². The second kappa shape index (κ2) is 9.23. The Bertz CT molecular complexity index is 530. The van der Waals surface area contributed by atoms with E-state index in [0.29, 0.717) is 23.5 Å². The first kappa shape index (κ1) is 18.2. The molecule has 0 unspecified atom stereocenters. The first-order chi connectivity index (χ1) is 10.5. The van der Waals surface area contributed by atoms with Gasteiger partial charge < -0.3 is 18.9 Å². The summed E-state index contributed by atoms with van der Waals surface area (Å²) in [5, 5.41) is 0. The molecule has 1 aromatic rings. The number of benzene rings is 1. The van der Waals surface area contributed by atoms with Crippen LogP contribution in [0.3, 0.4) is 0 Å². The van der Waals surface area contributed by atoms with Crippen LogP contribution >= 0.6 is 0 Å². The topological polar surface area (TPSA) is 54.0 Å². The highest BCUT2D eigenvalue weighted by molar-refractivity contribution is 5.97. The van der Waals surface area contributed by atoms with E-state index in [1.54, 1.807) is 19.2 Å². The van der Waals surface area contributed by atoms with Crippen molar-refractivity contribution >= 4 is 5.78 Å². The second-order valence-electron chi connectivity index (χ2n) is 5.10. The maximum absolute atomic E-state index is 11.8. The molecule has 0 heterocycles. The van der Waals surface area contributed by atoms with Crippen molar-refractivity contribution in [3.05, 3.63) is 34.9 Å². The lowest BCUT2D eigenvalue weighted by molar-refractivity contribution is 0.0452. The fourth-order valence-corrected chi connectivity index (χ4v) is 1.85. The third kappa shape index (κ3) is 5.50. The van der Waals surface area contributed by atoms with Crippen LogP contribution in [0.1, 0.15) is 36.7 Å². The number of Topliss-reactive ketones (excluding diaryl/α,β-unsaturated/α-hetero) is 1. The van der Waals surface area contributed by atoms with E-state index in [0.717, 1.165) is 5.56 Å². The fourth-order valence-electron chi connectivity index (χ4n) is 1.85. The minimum absolute atomic E-state index is 0.0668. The molecule has 0 saturated carbocycles. The molecular weight excluding hydrogens is 284 g/mol. The molecule has 0 fully saturated rings. The highest BCUT2D eigenvalue weighted by Crippen LogP contribution is 2.31. The molecule has 0 saturated heterocycles. The normalized spacial score (nSPS) is 10.2. The summed E-state index contributed by atoms with van der Waals surface area (Å²) < 4.78 is 20.9. The van der Waals surface area contributed by atoms with Gasteiger partial charge in [-0.1, -0.05) is 11.6 Å². The number of carbonyl (C=O) groups excluding carboxylic acids is 1. The summed E-state index contributed by atoms with van der Waals surface area (Å²) in [5.74, 6) is 1.01. The molecule has 22 heavy (non-hydrogen) atoms. The highest BCUT2D eigenvalue weighted by atomic mass is 16.7. The first-order valence-electron chi connectivity index (χ1n) is 7.04. The van der Waals surface area contributed by atoms with Crippen LogP contribution in [-0.4, -0.2) is 33.6 Å². The number of hydrogen-bond acceptors (Lipinski definition) is 5. The second-order valence-corrected chi connectivity index (χ2v) is 5.10. The Morgan fingerprint density at radius 2 is 1.59 bits per heavy atom. The molecule has 0 radical (unpaired) electrons. The molecule has 122 valence electrons. The van der Waals surface area contributed by atoms with Gasteiger partial charge in [0.15, 0.2) is 19.4 Å². The molecule has 0 N–H and O–H groups in total. The maximum atomic E-state index is 11.8. The average molecular weight is 308 g/mol. The summed E-state index contributed by atoms with van der Waals surface area (Å²) in [4.78, 5) is 11.8. The van der Waals surface area contributed by atoms with Gasteiger partial charge in [-0.3, -0.25) is 4.79 Å². The summed E-state index contributed by atoms with van der Waals surface area (Å²) >= 11 is 0. The average Bonchev–Trinajstić information content (AvgIpc) is 2.48. The van der Waals surface area contributed by atoms with Crippen molar-refractivity contribution in [3.63, 3.8) is 0 Å². The minimum atomic E-state index is -0.0668. The van der Waals surface area contributed by atoms with E-state index in [9.17, 15) is 4.79 Å². The third-order valence-corrected chi connectivity index (χ3v) is 2.94. The summed E-state index contributed by atoms with van der Waals surface area (Å²) in [7, 11) is 3.08. The van der Waals surface area contributed by atoms with E-state index in [-0.39, 0.29) is 19.4 Å². The van der Waals surface area contributed by atoms with E-state index in [1.807, 2.05) is 13.8 Å². The summed E-state index contributed by atoms with van der Waals surface area (Å²) in [6, 6.07) is 3.51. The largest absolute Gasteiger partial charge is 0.467 e. The van der Waals surface area contributed by atoms with Gasteiger partial charge in [0.1, 0.15) is 11.5 Å². The molecule has 0 atom stereocenters. The Morgan fingerprint density at radius 1 is 1.00 bits per heavy atom. The smallest absolute Gasteiger partial charge is 0.188 e. The van der Waals surface area contributed by atoms with Crippen LogP contribution in [0.2, 0.25) is 0 Å². The summed E-state index contributed by atoms with van der Waals surface area (Å²) in [6.07, 6.45) is 2.75. The summed E-state index contributed by atoms with van der Waals surface area (Å²) in [6.45, 7) is 5.76. The predicted molar refractivity (Wildman–Crippen MR) is 84.6 cm³/mol. The van der Waals surface area contributed by atoms with Gasteiger partial charge in [-0.15, -0.1) is 0 Å². The summed E-state index contributed by atoms with van der Waals surface area (Å²) in [5.41, 5.74) is 2.62. The van der Waals surface area contributed by atoms with Crippen molar-refractivity contribution < 1.29 is 23.7 Å².